The number of benzene rings is 3. The number of aliphatic hydroxyl groups is 1. The van der Waals surface area contributed by atoms with Crippen molar-refractivity contribution in [2.75, 3.05) is 11.1 Å². The molecule has 12 heteroatoms. The van der Waals surface area contributed by atoms with Gasteiger partial charge in [0, 0.05) is 31.4 Å². The number of nitrogens with two attached hydrogens (primary N) is 1. The number of amides is 2. The topological polar surface area (TPSA) is 141 Å². The Labute approximate surface area is 277 Å². The highest BCUT2D eigenvalue weighted by molar-refractivity contribution is 6.40. The molecular weight excluding hydrogens is 629 g/mol. The van der Waals surface area contributed by atoms with Crippen molar-refractivity contribution in [3.63, 3.8) is 0 Å². The lowest BCUT2D eigenvalue weighted by Crippen LogP contribution is -2.32. The summed E-state index contributed by atoms with van der Waals surface area (Å²) in [6, 6.07) is 22.5. The number of carbonyl (C=O) groups excluding carboxylic acids is 2. The van der Waals surface area contributed by atoms with Gasteiger partial charge in [-0.2, -0.15) is 0 Å². The minimum Gasteiger partial charge on any atom is -0.397 e. The molecule has 5 N–H and O–H groups in total. The summed E-state index contributed by atoms with van der Waals surface area (Å²) in [5.41, 5.74) is 10.5. The summed E-state index contributed by atoms with van der Waals surface area (Å²) in [4.78, 5) is 28.7. The fourth-order valence-corrected chi connectivity index (χ4v) is 5.51. The number of halogens is 2. The first-order valence-corrected chi connectivity index (χ1v) is 15.9. The number of hydrogen-bond donors (Lipinski definition) is 4. The largest absolute Gasteiger partial charge is 0.397 e. The maximum atomic E-state index is 12.4. The lowest BCUT2D eigenvalue weighted by Gasteiger charge is -2.36. The molecule has 0 saturated carbocycles. The number of carbonyl (C=O) groups is 2. The molecule has 1 fully saturated rings. The Morgan fingerprint density at radius 2 is 1.59 bits per heavy atom. The number of nitrogens with one attached hydrogen (secondary N) is 2. The molecule has 10 nitrogen and oxygen atoms in total. The van der Waals surface area contributed by atoms with Gasteiger partial charge >= 0.3 is 0 Å². The Balaban J connectivity index is 1.12. The Kier molecular flexibility index (Phi) is 11.7. The molecule has 2 heterocycles. The van der Waals surface area contributed by atoms with Gasteiger partial charge in [-0.25, -0.2) is 4.98 Å². The number of aliphatic hydroxyl groups excluding tert-OH is 1. The van der Waals surface area contributed by atoms with Crippen LogP contribution in [0.3, 0.4) is 0 Å². The van der Waals surface area contributed by atoms with Crippen molar-refractivity contribution < 1.29 is 24.2 Å². The van der Waals surface area contributed by atoms with Gasteiger partial charge in [0.25, 0.3) is 0 Å². The zero-order chi connectivity index (χ0) is 32.5. The highest BCUT2D eigenvalue weighted by Gasteiger charge is 2.33. The van der Waals surface area contributed by atoms with E-state index in [4.69, 9.17) is 38.4 Å². The van der Waals surface area contributed by atoms with Gasteiger partial charge in [-0.1, -0.05) is 83.9 Å². The van der Waals surface area contributed by atoms with Crippen molar-refractivity contribution in [1.29, 1.82) is 0 Å². The fraction of sp³-hybridized carbons (Fsp3) is 0.324. The number of aromatic nitrogens is 2. The van der Waals surface area contributed by atoms with E-state index in [0.29, 0.717) is 61.7 Å². The van der Waals surface area contributed by atoms with Gasteiger partial charge in [0.1, 0.15) is 5.15 Å². The Morgan fingerprint density at radius 3 is 2.26 bits per heavy atom. The van der Waals surface area contributed by atoms with Crippen LogP contribution in [-0.4, -0.2) is 32.6 Å². The summed E-state index contributed by atoms with van der Waals surface area (Å²) in [6.07, 6.45) is 2.86. The van der Waals surface area contributed by atoms with Crippen LogP contribution in [-0.2, 0) is 38.8 Å². The SMILES string of the molecule is Nc1ccccc1NC(=O)CCCCC(=O)NCc1ccc([C@H]2O[C@@H](Cn3cnc(Cl)c3Cl)C[C@@H](c3ccc(CO)cc3)O2)cc1. The molecule has 1 aliphatic rings. The van der Waals surface area contributed by atoms with Gasteiger partial charge < -0.3 is 35.5 Å². The second-order valence-electron chi connectivity index (χ2n) is 11.2. The van der Waals surface area contributed by atoms with Crippen LogP contribution in [0, 0.1) is 0 Å². The molecule has 0 unspecified atom stereocenters. The minimum absolute atomic E-state index is 0.0307. The molecule has 3 atom stereocenters. The molecule has 2 amide bonds. The first-order chi connectivity index (χ1) is 22.3. The van der Waals surface area contributed by atoms with Crippen LogP contribution >= 0.6 is 23.2 Å². The van der Waals surface area contributed by atoms with E-state index in [0.717, 1.165) is 22.3 Å². The van der Waals surface area contributed by atoms with Crippen molar-refractivity contribution in [3.8, 4) is 0 Å². The number of anilines is 2. The van der Waals surface area contributed by atoms with E-state index in [2.05, 4.69) is 15.6 Å². The zero-order valence-corrected chi connectivity index (χ0v) is 26.7. The number of imidazole rings is 1. The van der Waals surface area contributed by atoms with Crippen molar-refractivity contribution in [3.05, 3.63) is 112 Å². The number of para-hydroxylation sites is 2. The van der Waals surface area contributed by atoms with Crippen molar-refractivity contribution in [2.24, 2.45) is 0 Å². The Hall–Kier alpha value is -3.93. The summed E-state index contributed by atoms with van der Waals surface area (Å²) in [5.74, 6) is -0.205. The molecule has 0 radical (unpaired) electrons. The van der Waals surface area contributed by atoms with Gasteiger partial charge in [-0.15, -0.1) is 0 Å². The summed E-state index contributed by atoms with van der Waals surface area (Å²) < 4.78 is 14.5. The molecule has 242 valence electrons. The van der Waals surface area contributed by atoms with Crippen LogP contribution in [0.2, 0.25) is 10.3 Å². The molecule has 0 spiro atoms. The molecule has 5 rings (SSSR count). The molecule has 3 aromatic carbocycles. The summed E-state index contributed by atoms with van der Waals surface area (Å²) in [5, 5.41) is 15.8. The van der Waals surface area contributed by atoms with Crippen LogP contribution < -0.4 is 16.4 Å². The first-order valence-electron chi connectivity index (χ1n) is 15.2. The molecule has 4 aromatic rings. The summed E-state index contributed by atoms with van der Waals surface area (Å²) in [7, 11) is 0. The Bertz CT molecular complexity index is 1610. The van der Waals surface area contributed by atoms with E-state index in [9.17, 15) is 14.7 Å². The third-order valence-electron chi connectivity index (χ3n) is 7.78. The van der Waals surface area contributed by atoms with Crippen LogP contribution in [0.1, 0.15) is 66.8 Å². The summed E-state index contributed by atoms with van der Waals surface area (Å²) in [6.45, 7) is 0.790. The van der Waals surface area contributed by atoms with Gasteiger partial charge in [-0.3, -0.25) is 9.59 Å². The fourth-order valence-electron chi connectivity index (χ4n) is 5.20. The molecule has 0 bridgehead atoms. The molecule has 1 aliphatic heterocycles. The number of nitrogen functional groups attached to an aromatic ring is 1. The molecule has 0 aliphatic carbocycles. The average Bonchev–Trinajstić information content (AvgIpc) is 3.39. The van der Waals surface area contributed by atoms with Gasteiger partial charge in [-0.05, 0) is 41.7 Å². The summed E-state index contributed by atoms with van der Waals surface area (Å²) >= 11 is 12.4. The normalized spacial score (nSPS) is 17.8. The maximum absolute atomic E-state index is 12.4. The number of ether oxygens (including phenoxy) is 2. The minimum atomic E-state index is -0.641. The van der Waals surface area contributed by atoms with Gasteiger partial charge in [0.2, 0.25) is 11.8 Å². The first kappa shape index (κ1) is 33.4. The van der Waals surface area contributed by atoms with E-state index in [1.54, 1.807) is 23.0 Å². The van der Waals surface area contributed by atoms with Crippen molar-refractivity contribution in [2.45, 2.75) is 70.3 Å². The van der Waals surface area contributed by atoms with E-state index in [-0.39, 0.29) is 35.8 Å². The maximum Gasteiger partial charge on any atom is 0.224 e. The monoisotopic (exact) mass is 665 g/mol. The number of rotatable bonds is 13. The predicted octanol–water partition coefficient (Wildman–Crippen LogP) is 6.33. The van der Waals surface area contributed by atoms with Gasteiger partial charge in [0.05, 0.1) is 43.1 Å². The highest BCUT2D eigenvalue weighted by atomic mass is 35.5. The molecule has 1 saturated heterocycles. The lowest BCUT2D eigenvalue weighted by molar-refractivity contribution is -0.252. The van der Waals surface area contributed by atoms with E-state index in [1.807, 2.05) is 60.7 Å². The molecule has 46 heavy (non-hydrogen) atoms. The van der Waals surface area contributed by atoms with E-state index < -0.39 is 6.29 Å². The number of hydrogen-bond acceptors (Lipinski definition) is 7. The van der Waals surface area contributed by atoms with Crippen molar-refractivity contribution >= 4 is 46.4 Å². The second kappa shape index (κ2) is 16.1. The van der Waals surface area contributed by atoms with Crippen molar-refractivity contribution in [1.82, 2.24) is 14.9 Å². The Morgan fingerprint density at radius 1 is 0.913 bits per heavy atom. The smallest absolute Gasteiger partial charge is 0.224 e. The van der Waals surface area contributed by atoms with E-state index >= 15 is 0 Å². The quantitative estimate of drug-likeness (QED) is 0.0967. The van der Waals surface area contributed by atoms with Crippen LogP contribution in [0.25, 0.3) is 0 Å². The average molecular weight is 667 g/mol. The van der Waals surface area contributed by atoms with Gasteiger partial charge in [0.15, 0.2) is 11.4 Å². The number of nitrogens with zero attached hydrogens (tertiary/aromatic N) is 2. The second-order valence-corrected chi connectivity index (χ2v) is 11.9. The third kappa shape index (κ3) is 9.08. The van der Waals surface area contributed by atoms with Crippen LogP contribution in [0.4, 0.5) is 11.4 Å². The van der Waals surface area contributed by atoms with Crippen LogP contribution in [0.5, 0.6) is 0 Å². The predicted molar refractivity (Wildman–Crippen MR) is 177 cm³/mol. The number of unbranched alkanes of at least 4 members (excludes halogenated alkanes) is 1. The molecule has 1 aromatic heterocycles. The standard InChI is InChI=1S/C34H37Cl2N5O5/c35-32-33(36)41(21-39-32)19-26-17-29(24-13-11-23(20-42)12-14-24)46-34(45-26)25-15-9-22(10-16-25)18-38-30(43)7-3-4-8-31(44)40-28-6-2-1-5-27(28)37/h1-2,5-6,9-16,21,26,29,34,42H,3-4,7-8,17-20,37H2,(H,38,43)(H,40,44)/t26-,29+,34+/m1/s1. The van der Waals surface area contributed by atoms with Crippen LogP contribution in [0.15, 0.2) is 79.1 Å². The van der Waals surface area contributed by atoms with E-state index in [1.165, 1.54) is 0 Å². The zero-order valence-electron chi connectivity index (χ0n) is 25.2. The lowest BCUT2D eigenvalue weighted by atomic mass is 10.00. The highest BCUT2D eigenvalue weighted by Crippen LogP contribution is 2.39. The third-order valence-corrected chi connectivity index (χ3v) is 8.55. The molecular formula is C34H37Cl2N5O5.